The van der Waals surface area contributed by atoms with Crippen LogP contribution in [0.25, 0.3) is 0 Å². The van der Waals surface area contributed by atoms with Crippen LogP contribution in [0.1, 0.15) is 0 Å². The minimum absolute atomic E-state index is 0.129. The summed E-state index contributed by atoms with van der Waals surface area (Å²) in [6.07, 6.45) is -0.772. The van der Waals surface area contributed by atoms with Gasteiger partial charge >= 0.3 is 0 Å². The molecule has 1 atom stereocenters. The molecule has 1 rings (SSSR count). The number of carbonyl (C=O) groups is 2. The van der Waals surface area contributed by atoms with Crippen molar-refractivity contribution in [3.8, 4) is 0 Å². The number of aldehydes is 1. The Kier molecular flexibility index (Phi) is 2.07. The topological polar surface area (TPSA) is 81.7 Å². The van der Waals surface area contributed by atoms with Crippen molar-refractivity contribution < 1.29 is 14.8 Å². The van der Waals surface area contributed by atoms with E-state index in [0.717, 1.165) is 0 Å². The molecule has 0 amide bonds. The maximum Gasteiger partial charge on any atom is 0.230 e. The molecule has 0 spiro atoms. The fourth-order valence-electron chi connectivity index (χ4n) is 0.672. The van der Waals surface area contributed by atoms with Gasteiger partial charge in [-0.3, -0.25) is 9.59 Å². The molecule has 0 aromatic rings. The smallest absolute Gasteiger partial charge is 0.230 e. The van der Waals surface area contributed by atoms with Gasteiger partial charge in [-0.2, -0.15) is 5.06 Å². The number of hydroxylamine groups is 2. The van der Waals surface area contributed by atoms with Gasteiger partial charge in [0, 0.05) is 0 Å². The van der Waals surface area contributed by atoms with Gasteiger partial charge in [0.1, 0.15) is 0 Å². The second kappa shape index (κ2) is 2.84. The molecule has 0 aliphatic carbocycles. The Balaban J connectivity index is 2.54. The Morgan fingerprint density at radius 1 is 1.80 bits per heavy atom. The highest BCUT2D eigenvalue weighted by atomic mass is 16.5. The molecule has 56 valence electrons. The number of hydrazine groups is 1. The number of ketones is 1. The van der Waals surface area contributed by atoms with Crippen molar-refractivity contribution in [1.82, 2.24) is 15.9 Å². The van der Waals surface area contributed by atoms with Gasteiger partial charge in [0.25, 0.3) is 0 Å². The lowest BCUT2D eigenvalue weighted by molar-refractivity contribution is -0.149. The molecule has 0 radical (unpaired) electrons. The number of nitrogens with zero attached hydrogens (tertiary/aromatic N) is 1. The molecule has 3 N–H and O–H groups in total. The van der Waals surface area contributed by atoms with Crippen molar-refractivity contribution in [2.24, 2.45) is 0 Å². The molecule has 1 aliphatic rings. The third-order valence-electron chi connectivity index (χ3n) is 1.16. The predicted octanol–water partition coefficient (Wildman–Crippen LogP) is -2.16. The molecule has 6 heteroatoms. The van der Waals surface area contributed by atoms with E-state index in [1.165, 1.54) is 0 Å². The lowest BCUT2D eigenvalue weighted by atomic mass is 10.3. The van der Waals surface area contributed by atoms with E-state index < -0.39 is 11.9 Å². The summed E-state index contributed by atoms with van der Waals surface area (Å²) in [5.74, 6) is -0.701. The number of rotatable bonds is 2. The lowest BCUT2D eigenvalue weighted by Crippen LogP contribution is -2.42. The third-order valence-corrected chi connectivity index (χ3v) is 1.16. The minimum atomic E-state index is -0.933. The summed E-state index contributed by atoms with van der Waals surface area (Å²) in [6.45, 7) is 0.129. The normalized spacial score (nSPS) is 26.7. The van der Waals surface area contributed by atoms with Gasteiger partial charge in [-0.05, 0) is 0 Å². The fraction of sp³-hybridized carbons (Fsp3) is 0.500. The Bertz CT molecular complexity index is 160. The van der Waals surface area contributed by atoms with Crippen LogP contribution in [0.3, 0.4) is 0 Å². The summed E-state index contributed by atoms with van der Waals surface area (Å²) < 4.78 is 0. The van der Waals surface area contributed by atoms with E-state index in [-0.39, 0.29) is 13.0 Å². The monoisotopic (exact) mass is 145 g/mol. The average Bonchev–Trinajstić information content (AvgIpc) is 2.34. The molecule has 0 saturated carbocycles. The molecule has 0 aromatic heterocycles. The summed E-state index contributed by atoms with van der Waals surface area (Å²) in [5.41, 5.74) is 4.89. The quantitative estimate of drug-likeness (QED) is 0.303. The SMILES string of the molecule is O=CC(=O)C1NNCN1O. The Hall–Kier alpha value is -0.820. The van der Waals surface area contributed by atoms with Gasteiger partial charge in [0.05, 0.1) is 6.67 Å². The lowest BCUT2D eigenvalue weighted by Gasteiger charge is -2.10. The predicted molar refractivity (Wildman–Crippen MR) is 29.6 cm³/mol. The summed E-state index contributed by atoms with van der Waals surface area (Å²) in [4.78, 5) is 20.4. The highest BCUT2D eigenvalue weighted by Gasteiger charge is 2.28. The summed E-state index contributed by atoms with van der Waals surface area (Å²) in [7, 11) is 0. The molecule has 6 nitrogen and oxygen atoms in total. The zero-order valence-electron chi connectivity index (χ0n) is 5.07. The molecule has 1 aliphatic heterocycles. The highest BCUT2D eigenvalue weighted by Crippen LogP contribution is 1.94. The third kappa shape index (κ3) is 1.19. The fourth-order valence-corrected chi connectivity index (χ4v) is 0.672. The van der Waals surface area contributed by atoms with E-state index in [1.54, 1.807) is 0 Å². The van der Waals surface area contributed by atoms with Crippen LogP contribution in [0.5, 0.6) is 0 Å². The standard InChI is InChI=1S/C4H7N3O3/c8-1-3(9)4-6-5-2-7(4)10/h1,4-6,10H,2H2. The molecule has 10 heavy (non-hydrogen) atoms. The van der Waals surface area contributed by atoms with Gasteiger partial charge in [-0.1, -0.05) is 0 Å². The van der Waals surface area contributed by atoms with Gasteiger partial charge in [-0.25, -0.2) is 10.9 Å². The maximum absolute atomic E-state index is 10.6. The molecular weight excluding hydrogens is 138 g/mol. The van der Waals surface area contributed by atoms with Crippen LogP contribution < -0.4 is 10.9 Å². The van der Waals surface area contributed by atoms with Crippen LogP contribution >= 0.6 is 0 Å². The number of hydrogen-bond acceptors (Lipinski definition) is 6. The number of hydrogen-bond donors (Lipinski definition) is 3. The molecule has 1 fully saturated rings. The first kappa shape index (κ1) is 7.29. The Morgan fingerprint density at radius 3 is 2.90 bits per heavy atom. The number of carbonyl (C=O) groups excluding carboxylic acids is 2. The molecular formula is C4H7N3O3. The van der Waals surface area contributed by atoms with E-state index in [1.807, 2.05) is 0 Å². The Labute approximate surface area is 56.7 Å². The van der Waals surface area contributed by atoms with Crippen molar-refractivity contribution in [1.29, 1.82) is 0 Å². The van der Waals surface area contributed by atoms with E-state index in [2.05, 4.69) is 10.9 Å². The maximum atomic E-state index is 10.6. The van der Waals surface area contributed by atoms with E-state index in [0.29, 0.717) is 5.06 Å². The van der Waals surface area contributed by atoms with Crippen LogP contribution in [-0.4, -0.2) is 35.2 Å². The van der Waals surface area contributed by atoms with E-state index in [9.17, 15) is 9.59 Å². The first-order valence-corrected chi connectivity index (χ1v) is 2.68. The van der Waals surface area contributed by atoms with Crippen molar-refractivity contribution in [3.63, 3.8) is 0 Å². The zero-order valence-corrected chi connectivity index (χ0v) is 5.07. The van der Waals surface area contributed by atoms with Crippen molar-refractivity contribution in [2.45, 2.75) is 6.17 Å². The van der Waals surface area contributed by atoms with E-state index in [4.69, 9.17) is 5.21 Å². The van der Waals surface area contributed by atoms with Gasteiger partial charge in [0.2, 0.25) is 5.78 Å². The van der Waals surface area contributed by atoms with Crippen molar-refractivity contribution >= 4 is 12.1 Å². The van der Waals surface area contributed by atoms with Gasteiger partial charge < -0.3 is 5.21 Å². The second-order valence-electron chi connectivity index (χ2n) is 1.84. The van der Waals surface area contributed by atoms with E-state index >= 15 is 0 Å². The average molecular weight is 145 g/mol. The first-order valence-electron chi connectivity index (χ1n) is 2.68. The van der Waals surface area contributed by atoms with Crippen LogP contribution in [0.4, 0.5) is 0 Å². The number of Topliss-reactive ketones (excluding diaryl/α,β-unsaturated/α-hetero) is 1. The van der Waals surface area contributed by atoms with Crippen LogP contribution in [0.2, 0.25) is 0 Å². The Morgan fingerprint density at radius 2 is 2.50 bits per heavy atom. The zero-order chi connectivity index (χ0) is 7.56. The first-order chi connectivity index (χ1) is 4.75. The molecule has 1 saturated heterocycles. The minimum Gasteiger partial charge on any atom is -0.311 e. The summed E-state index contributed by atoms with van der Waals surface area (Å²) >= 11 is 0. The highest BCUT2D eigenvalue weighted by molar-refractivity contribution is 6.27. The second-order valence-corrected chi connectivity index (χ2v) is 1.84. The molecule has 0 aromatic carbocycles. The van der Waals surface area contributed by atoms with Crippen LogP contribution in [-0.2, 0) is 9.59 Å². The van der Waals surface area contributed by atoms with Crippen molar-refractivity contribution in [2.75, 3.05) is 6.67 Å². The summed E-state index contributed by atoms with van der Waals surface area (Å²) in [6, 6.07) is 0. The molecule has 1 unspecified atom stereocenters. The molecule has 0 bridgehead atoms. The van der Waals surface area contributed by atoms with Gasteiger partial charge in [-0.15, -0.1) is 0 Å². The molecule has 1 heterocycles. The largest absolute Gasteiger partial charge is 0.311 e. The number of nitrogens with one attached hydrogen (secondary N) is 2. The van der Waals surface area contributed by atoms with Gasteiger partial charge in [0.15, 0.2) is 12.5 Å². The van der Waals surface area contributed by atoms with Crippen LogP contribution in [0.15, 0.2) is 0 Å². The van der Waals surface area contributed by atoms with Crippen molar-refractivity contribution in [3.05, 3.63) is 0 Å². The van der Waals surface area contributed by atoms with Crippen LogP contribution in [0, 0.1) is 0 Å². The summed E-state index contributed by atoms with van der Waals surface area (Å²) in [5, 5.41) is 9.52.